The minimum Gasteiger partial charge on any atom is -0.426 e. The van der Waals surface area contributed by atoms with Gasteiger partial charge in [0.15, 0.2) is 11.6 Å². The van der Waals surface area contributed by atoms with Gasteiger partial charge in [-0.05, 0) is 111 Å². The van der Waals surface area contributed by atoms with Crippen LogP contribution in [0, 0.1) is 35.3 Å². The Balaban J connectivity index is 1.26. The molecule has 0 radical (unpaired) electrons. The normalized spacial score (nSPS) is 25.8. The van der Waals surface area contributed by atoms with Crippen molar-refractivity contribution in [3.63, 3.8) is 0 Å². The van der Waals surface area contributed by atoms with Gasteiger partial charge < -0.3 is 4.74 Å². The Morgan fingerprint density at radius 2 is 1.44 bits per heavy atom. The fourth-order valence-corrected chi connectivity index (χ4v) is 5.55. The molecule has 2 aliphatic carbocycles. The molecule has 0 saturated heterocycles. The predicted molar refractivity (Wildman–Crippen MR) is 123 cm³/mol. The Labute approximate surface area is 189 Å². The average Bonchev–Trinajstić information content (AvgIpc) is 2.82. The highest BCUT2D eigenvalue weighted by Crippen LogP contribution is 2.42. The van der Waals surface area contributed by atoms with Gasteiger partial charge in [0.2, 0.25) is 0 Å². The first-order chi connectivity index (χ1) is 15.5. The summed E-state index contributed by atoms with van der Waals surface area (Å²) in [5.41, 5.74) is 1.32. The van der Waals surface area contributed by atoms with Gasteiger partial charge in [0.1, 0.15) is 5.75 Å². The number of carbonyl (C=O) groups is 1. The highest BCUT2D eigenvalue weighted by Gasteiger charge is 2.33. The Bertz CT molecular complexity index is 921. The Morgan fingerprint density at radius 3 is 2.03 bits per heavy atom. The second kappa shape index (κ2) is 10.4. The third-order valence-electron chi connectivity index (χ3n) is 7.49. The van der Waals surface area contributed by atoms with Crippen molar-refractivity contribution in [2.24, 2.45) is 23.7 Å². The van der Waals surface area contributed by atoms with E-state index in [1.54, 1.807) is 24.3 Å². The van der Waals surface area contributed by atoms with Gasteiger partial charge in [-0.25, -0.2) is 8.78 Å². The molecular weight excluding hydrogens is 406 g/mol. The molecule has 0 atom stereocenters. The maximum atomic E-state index is 13.5. The molecule has 170 valence electrons. The second-order valence-corrected chi connectivity index (χ2v) is 9.49. The van der Waals surface area contributed by atoms with Crippen molar-refractivity contribution in [2.75, 3.05) is 0 Å². The molecular formula is C28H32F2O2. The van der Waals surface area contributed by atoms with Crippen LogP contribution in [0.1, 0.15) is 57.8 Å². The molecule has 4 heteroatoms. The van der Waals surface area contributed by atoms with Crippen LogP contribution in [-0.2, 0) is 4.79 Å². The fraction of sp³-hybridized carbons (Fsp3) is 0.464. The van der Waals surface area contributed by atoms with Crippen LogP contribution in [0.15, 0.2) is 55.1 Å². The number of carbonyl (C=O) groups excluding carboxylic acids is 1. The lowest BCUT2D eigenvalue weighted by Gasteiger charge is -2.37. The predicted octanol–water partition coefficient (Wildman–Crippen LogP) is 7.73. The maximum Gasteiger partial charge on any atom is 0.314 e. The number of ether oxygens (including phenoxy) is 1. The van der Waals surface area contributed by atoms with Crippen LogP contribution in [0.5, 0.6) is 5.75 Å². The Kier molecular flexibility index (Phi) is 7.39. The van der Waals surface area contributed by atoms with E-state index in [4.69, 9.17) is 4.74 Å². The van der Waals surface area contributed by atoms with E-state index in [0.717, 1.165) is 61.5 Å². The zero-order chi connectivity index (χ0) is 22.5. The van der Waals surface area contributed by atoms with Gasteiger partial charge in [0.05, 0.1) is 5.92 Å². The monoisotopic (exact) mass is 438 g/mol. The van der Waals surface area contributed by atoms with Crippen molar-refractivity contribution in [2.45, 2.75) is 57.8 Å². The lowest BCUT2D eigenvalue weighted by Crippen LogP contribution is -2.30. The minimum atomic E-state index is -0.876. The number of benzene rings is 2. The van der Waals surface area contributed by atoms with E-state index in [-0.39, 0.29) is 11.9 Å². The molecule has 2 saturated carbocycles. The van der Waals surface area contributed by atoms with Gasteiger partial charge >= 0.3 is 5.97 Å². The summed E-state index contributed by atoms with van der Waals surface area (Å²) in [4.78, 5) is 12.7. The number of allylic oxidation sites excluding steroid dienone is 1. The van der Waals surface area contributed by atoms with Crippen LogP contribution in [0.3, 0.4) is 0 Å². The number of esters is 1. The van der Waals surface area contributed by atoms with Gasteiger partial charge in [-0.3, -0.25) is 4.79 Å². The maximum absolute atomic E-state index is 13.5. The number of rotatable bonds is 6. The minimum absolute atomic E-state index is 0.0331. The standard InChI is InChI=1S/C28H32F2O2/c1-2-3-19-4-6-20(7-5-19)21-8-10-23(11-9-21)28(31)32-25-15-12-22(13-16-25)24-14-17-26(29)27(30)18-24/h2,12-21,23H,1,3-11H2/t19-,20-,21-,23-. The topological polar surface area (TPSA) is 26.3 Å². The molecule has 2 nitrogen and oxygen atoms in total. The van der Waals surface area contributed by atoms with Crippen molar-refractivity contribution in [3.8, 4) is 16.9 Å². The summed E-state index contributed by atoms with van der Waals surface area (Å²) in [6.07, 6.45) is 12.5. The zero-order valence-electron chi connectivity index (χ0n) is 18.6. The molecule has 0 amide bonds. The van der Waals surface area contributed by atoms with E-state index in [0.29, 0.717) is 11.3 Å². The SMILES string of the molecule is C=CC[C@H]1CC[C@H]([C@H]2CC[C@H](C(=O)Oc3ccc(-c4ccc(F)c(F)c4)cc3)CC2)CC1. The summed E-state index contributed by atoms with van der Waals surface area (Å²) in [5.74, 6) is 0.948. The molecule has 2 aromatic rings. The van der Waals surface area contributed by atoms with Gasteiger partial charge in [0, 0.05) is 0 Å². The largest absolute Gasteiger partial charge is 0.426 e. The van der Waals surface area contributed by atoms with Gasteiger partial charge in [-0.2, -0.15) is 0 Å². The molecule has 2 aliphatic rings. The van der Waals surface area contributed by atoms with Crippen LogP contribution >= 0.6 is 0 Å². The van der Waals surface area contributed by atoms with E-state index in [2.05, 4.69) is 12.7 Å². The van der Waals surface area contributed by atoms with Gasteiger partial charge in [-0.1, -0.05) is 24.3 Å². The van der Waals surface area contributed by atoms with E-state index in [9.17, 15) is 13.6 Å². The number of halogens is 2. The molecule has 0 N–H and O–H groups in total. The highest BCUT2D eigenvalue weighted by molar-refractivity contribution is 5.75. The van der Waals surface area contributed by atoms with Crippen molar-refractivity contribution in [1.82, 2.24) is 0 Å². The van der Waals surface area contributed by atoms with Crippen molar-refractivity contribution >= 4 is 5.97 Å². The van der Waals surface area contributed by atoms with Crippen LogP contribution in [0.25, 0.3) is 11.1 Å². The van der Waals surface area contributed by atoms with E-state index < -0.39 is 11.6 Å². The van der Waals surface area contributed by atoms with Gasteiger partial charge in [0.25, 0.3) is 0 Å². The lowest BCUT2D eigenvalue weighted by molar-refractivity contribution is -0.140. The molecule has 0 aromatic heterocycles. The second-order valence-electron chi connectivity index (χ2n) is 9.49. The highest BCUT2D eigenvalue weighted by atomic mass is 19.2. The molecule has 2 aromatic carbocycles. The van der Waals surface area contributed by atoms with E-state index in [1.807, 2.05) is 0 Å². The molecule has 0 aliphatic heterocycles. The molecule has 0 bridgehead atoms. The Morgan fingerprint density at radius 1 is 0.844 bits per heavy atom. The van der Waals surface area contributed by atoms with Crippen LogP contribution in [0.2, 0.25) is 0 Å². The van der Waals surface area contributed by atoms with Crippen molar-refractivity contribution < 1.29 is 18.3 Å². The average molecular weight is 439 g/mol. The first-order valence-electron chi connectivity index (χ1n) is 11.9. The summed E-state index contributed by atoms with van der Waals surface area (Å²) in [7, 11) is 0. The summed E-state index contributed by atoms with van der Waals surface area (Å²) < 4.78 is 32.2. The zero-order valence-corrected chi connectivity index (χ0v) is 18.6. The molecule has 2 fully saturated rings. The van der Waals surface area contributed by atoms with Crippen LogP contribution in [0.4, 0.5) is 8.78 Å². The molecule has 0 spiro atoms. The first-order valence-corrected chi connectivity index (χ1v) is 11.9. The number of hydrogen-bond donors (Lipinski definition) is 0. The smallest absolute Gasteiger partial charge is 0.314 e. The summed E-state index contributed by atoms with van der Waals surface area (Å²) in [6, 6.07) is 10.7. The van der Waals surface area contributed by atoms with Crippen LogP contribution in [-0.4, -0.2) is 5.97 Å². The third kappa shape index (κ3) is 5.46. The lowest BCUT2D eigenvalue weighted by atomic mass is 9.69. The summed E-state index contributed by atoms with van der Waals surface area (Å²) in [6.45, 7) is 3.87. The van der Waals surface area contributed by atoms with Crippen LogP contribution < -0.4 is 4.74 Å². The van der Waals surface area contributed by atoms with Crippen molar-refractivity contribution in [3.05, 3.63) is 66.8 Å². The number of hydrogen-bond acceptors (Lipinski definition) is 2. The molecule has 0 heterocycles. The molecule has 32 heavy (non-hydrogen) atoms. The third-order valence-corrected chi connectivity index (χ3v) is 7.49. The van der Waals surface area contributed by atoms with E-state index in [1.165, 1.54) is 37.8 Å². The fourth-order valence-electron chi connectivity index (χ4n) is 5.55. The quantitative estimate of drug-likeness (QED) is 0.262. The van der Waals surface area contributed by atoms with Crippen molar-refractivity contribution in [1.29, 1.82) is 0 Å². The molecule has 4 rings (SSSR count). The summed E-state index contributed by atoms with van der Waals surface area (Å²) in [5, 5.41) is 0. The summed E-state index contributed by atoms with van der Waals surface area (Å²) >= 11 is 0. The van der Waals surface area contributed by atoms with E-state index >= 15 is 0 Å². The van der Waals surface area contributed by atoms with Gasteiger partial charge in [-0.15, -0.1) is 6.58 Å². The first kappa shape index (κ1) is 22.7. The Hall–Kier alpha value is -2.49. The molecule has 0 unspecified atom stereocenters.